The van der Waals surface area contributed by atoms with Crippen LogP contribution in [0.3, 0.4) is 0 Å². The van der Waals surface area contributed by atoms with Gasteiger partial charge in [-0.1, -0.05) is 12.1 Å². The molecule has 0 spiro atoms. The van der Waals surface area contributed by atoms with Gasteiger partial charge in [0.25, 0.3) is 6.01 Å². The van der Waals surface area contributed by atoms with Crippen molar-refractivity contribution < 1.29 is 9.21 Å². The Balaban J connectivity index is 1.43. The van der Waals surface area contributed by atoms with E-state index in [0.717, 1.165) is 17.5 Å². The first-order valence-electron chi connectivity index (χ1n) is 7.83. The Kier molecular flexibility index (Phi) is 3.60. The molecule has 2 atom stereocenters. The molecule has 0 aliphatic carbocycles. The summed E-state index contributed by atoms with van der Waals surface area (Å²) < 4.78 is 7.13. The Morgan fingerprint density at radius 3 is 3.08 bits per heavy atom. The highest BCUT2D eigenvalue weighted by atomic mass is 16.4. The summed E-state index contributed by atoms with van der Waals surface area (Å²) in [6.45, 7) is 2.85. The Bertz CT molecular complexity index is 812. The number of likely N-dealkylation sites (tertiary alicyclic amines) is 1. The van der Waals surface area contributed by atoms with E-state index in [1.54, 1.807) is 0 Å². The molecule has 0 radical (unpaired) electrons. The SMILES string of the molecule is CC1C(Nc2nc3ccccc3o2)CCN1C(=O)Cn1cnnn1. The minimum Gasteiger partial charge on any atom is -0.424 e. The van der Waals surface area contributed by atoms with Gasteiger partial charge >= 0.3 is 0 Å². The molecule has 3 heterocycles. The highest BCUT2D eigenvalue weighted by Gasteiger charge is 2.34. The van der Waals surface area contributed by atoms with Gasteiger partial charge in [-0.25, -0.2) is 4.68 Å². The quantitative estimate of drug-likeness (QED) is 0.760. The van der Waals surface area contributed by atoms with Crippen LogP contribution in [0, 0.1) is 0 Å². The van der Waals surface area contributed by atoms with Crippen molar-refractivity contribution in [3.63, 3.8) is 0 Å². The van der Waals surface area contributed by atoms with Gasteiger partial charge in [0.2, 0.25) is 5.91 Å². The summed E-state index contributed by atoms with van der Waals surface area (Å²) in [5, 5.41) is 14.1. The molecule has 1 aliphatic heterocycles. The minimum absolute atomic E-state index is 0.00309. The van der Waals surface area contributed by atoms with E-state index in [1.165, 1.54) is 11.0 Å². The third-order valence-corrected chi connectivity index (χ3v) is 4.37. The van der Waals surface area contributed by atoms with Crippen molar-refractivity contribution in [1.29, 1.82) is 0 Å². The number of anilines is 1. The second-order valence-electron chi connectivity index (χ2n) is 5.86. The monoisotopic (exact) mass is 327 g/mol. The van der Waals surface area contributed by atoms with Crippen molar-refractivity contribution in [2.75, 3.05) is 11.9 Å². The molecule has 9 nitrogen and oxygen atoms in total. The highest BCUT2D eigenvalue weighted by Crippen LogP contribution is 2.24. The number of rotatable bonds is 4. The molecule has 1 fully saturated rings. The lowest BCUT2D eigenvalue weighted by molar-refractivity contribution is -0.132. The zero-order chi connectivity index (χ0) is 16.5. The fraction of sp³-hybridized carbons (Fsp3) is 0.400. The molecule has 124 valence electrons. The molecule has 1 saturated heterocycles. The summed E-state index contributed by atoms with van der Waals surface area (Å²) in [6.07, 6.45) is 2.27. The number of para-hydroxylation sites is 2. The van der Waals surface area contributed by atoms with E-state index in [-0.39, 0.29) is 24.5 Å². The molecule has 3 aromatic rings. The molecule has 1 N–H and O–H groups in total. The van der Waals surface area contributed by atoms with Gasteiger partial charge in [-0.15, -0.1) is 5.10 Å². The van der Waals surface area contributed by atoms with Gasteiger partial charge in [-0.2, -0.15) is 4.98 Å². The van der Waals surface area contributed by atoms with Crippen LogP contribution in [0.25, 0.3) is 11.1 Å². The maximum atomic E-state index is 12.4. The van der Waals surface area contributed by atoms with E-state index in [0.29, 0.717) is 12.6 Å². The number of aromatic nitrogens is 5. The maximum Gasteiger partial charge on any atom is 0.295 e. The minimum atomic E-state index is -0.00309. The number of carbonyl (C=O) groups excluding carboxylic acids is 1. The van der Waals surface area contributed by atoms with E-state index >= 15 is 0 Å². The molecule has 1 aliphatic rings. The van der Waals surface area contributed by atoms with Crippen molar-refractivity contribution in [2.24, 2.45) is 0 Å². The number of hydrogen-bond acceptors (Lipinski definition) is 7. The van der Waals surface area contributed by atoms with E-state index < -0.39 is 0 Å². The Morgan fingerprint density at radius 2 is 2.29 bits per heavy atom. The van der Waals surface area contributed by atoms with Gasteiger partial charge in [0, 0.05) is 12.6 Å². The summed E-state index contributed by atoms with van der Waals surface area (Å²) in [5.74, 6) is -0.00309. The van der Waals surface area contributed by atoms with Gasteiger partial charge in [0.15, 0.2) is 5.58 Å². The Hall–Kier alpha value is -2.97. The molecule has 2 unspecified atom stereocenters. The predicted molar refractivity (Wildman–Crippen MR) is 85.0 cm³/mol. The first-order valence-corrected chi connectivity index (χ1v) is 7.83. The van der Waals surface area contributed by atoms with Crippen molar-refractivity contribution in [2.45, 2.75) is 32.0 Å². The van der Waals surface area contributed by atoms with Crippen LogP contribution in [-0.4, -0.2) is 54.6 Å². The maximum absolute atomic E-state index is 12.4. The van der Waals surface area contributed by atoms with Crippen molar-refractivity contribution in [3.05, 3.63) is 30.6 Å². The number of amides is 1. The van der Waals surface area contributed by atoms with Crippen LogP contribution in [0.2, 0.25) is 0 Å². The average molecular weight is 327 g/mol. The number of hydrogen-bond donors (Lipinski definition) is 1. The van der Waals surface area contributed by atoms with Crippen LogP contribution in [0.15, 0.2) is 35.0 Å². The van der Waals surface area contributed by atoms with E-state index in [4.69, 9.17) is 4.42 Å². The molecule has 24 heavy (non-hydrogen) atoms. The van der Waals surface area contributed by atoms with Crippen LogP contribution in [0.1, 0.15) is 13.3 Å². The van der Waals surface area contributed by atoms with Crippen LogP contribution in [0.5, 0.6) is 0 Å². The average Bonchev–Trinajstić information content (AvgIpc) is 3.28. The largest absolute Gasteiger partial charge is 0.424 e. The Morgan fingerprint density at radius 1 is 1.42 bits per heavy atom. The summed E-state index contributed by atoms with van der Waals surface area (Å²) in [4.78, 5) is 18.7. The smallest absolute Gasteiger partial charge is 0.295 e. The lowest BCUT2D eigenvalue weighted by Gasteiger charge is -2.24. The number of nitrogens with one attached hydrogen (secondary N) is 1. The van der Waals surface area contributed by atoms with Crippen molar-refractivity contribution in [1.82, 2.24) is 30.1 Å². The number of tetrazole rings is 1. The predicted octanol–water partition coefficient (Wildman–Crippen LogP) is 0.916. The topological polar surface area (TPSA) is 102 Å². The zero-order valence-electron chi connectivity index (χ0n) is 13.2. The first kappa shape index (κ1) is 14.6. The first-order chi connectivity index (χ1) is 11.7. The van der Waals surface area contributed by atoms with E-state index in [1.807, 2.05) is 36.1 Å². The summed E-state index contributed by atoms with van der Waals surface area (Å²) in [5.41, 5.74) is 1.56. The van der Waals surface area contributed by atoms with Gasteiger partial charge in [0.1, 0.15) is 18.4 Å². The van der Waals surface area contributed by atoms with Gasteiger partial charge in [0.05, 0.1) is 6.04 Å². The van der Waals surface area contributed by atoms with Crippen LogP contribution in [0.4, 0.5) is 6.01 Å². The second-order valence-corrected chi connectivity index (χ2v) is 5.86. The van der Waals surface area contributed by atoms with Crippen LogP contribution >= 0.6 is 0 Å². The van der Waals surface area contributed by atoms with Gasteiger partial charge in [-0.3, -0.25) is 4.79 Å². The van der Waals surface area contributed by atoms with Crippen LogP contribution < -0.4 is 5.32 Å². The highest BCUT2D eigenvalue weighted by molar-refractivity contribution is 5.77. The summed E-state index contributed by atoms with van der Waals surface area (Å²) >= 11 is 0. The summed E-state index contributed by atoms with van der Waals surface area (Å²) in [7, 11) is 0. The summed E-state index contributed by atoms with van der Waals surface area (Å²) in [6, 6.07) is 8.24. The lowest BCUT2D eigenvalue weighted by Crippen LogP contribution is -2.41. The van der Waals surface area contributed by atoms with Crippen molar-refractivity contribution in [3.8, 4) is 0 Å². The lowest BCUT2D eigenvalue weighted by atomic mass is 10.1. The number of carbonyl (C=O) groups is 1. The molecule has 2 aromatic heterocycles. The molecule has 1 amide bonds. The van der Waals surface area contributed by atoms with E-state index in [2.05, 4.69) is 25.8 Å². The molecular formula is C15H17N7O2. The normalized spacial score (nSPS) is 20.6. The molecular weight excluding hydrogens is 310 g/mol. The molecule has 0 bridgehead atoms. The number of benzene rings is 1. The van der Waals surface area contributed by atoms with E-state index in [9.17, 15) is 4.79 Å². The van der Waals surface area contributed by atoms with Gasteiger partial charge in [-0.05, 0) is 35.9 Å². The molecule has 9 heteroatoms. The third-order valence-electron chi connectivity index (χ3n) is 4.37. The van der Waals surface area contributed by atoms with Gasteiger partial charge < -0.3 is 14.6 Å². The fourth-order valence-corrected chi connectivity index (χ4v) is 3.06. The number of oxazole rings is 1. The number of nitrogens with zero attached hydrogens (tertiary/aromatic N) is 6. The molecule has 1 aromatic carbocycles. The molecule has 0 saturated carbocycles. The molecule has 4 rings (SSSR count). The van der Waals surface area contributed by atoms with Crippen LogP contribution in [-0.2, 0) is 11.3 Å². The zero-order valence-corrected chi connectivity index (χ0v) is 13.2. The number of fused-ring (bicyclic) bond motifs is 1. The third kappa shape index (κ3) is 2.68. The fourth-order valence-electron chi connectivity index (χ4n) is 3.06. The standard InChI is InChI=1S/C15H17N7O2/c1-10-11(17-15-18-12-4-2-3-5-13(12)24-15)6-7-22(10)14(23)8-21-9-16-19-20-21/h2-5,9-11H,6-8H2,1H3,(H,17,18). The van der Waals surface area contributed by atoms with Crippen molar-refractivity contribution >= 4 is 23.0 Å². The Labute approximate surface area is 137 Å². The second kappa shape index (κ2) is 5.91.